The molecule has 2 aromatic rings. The van der Waals surface area contributed by atoms with Crippen molar-refractivity contribution >= 4 is 11.2 Å². The van der Waals surface area contributed by atoms with Gasteiger partial charge in [0.2, 0.25) is 0 Å². The molecule has 0 aliphatic carbocycles. The normalized spacial score (nSPS) is 11.8. The maximum absolute atomic E-state index is 12.2. The van der Waals surface area contributed by atoms with Gasteiger partial charge in [-0.25, -0.2) is 0 Å². The van der Waals surface area contributed by atoms with Gasteiger partial charge in [-0.3, -0.25) is 0 Å². The van der Waals surface area contributed by atoms with E-state index in [1.54, 1.807) is 30.3 Å². The molecule has 0 aliphatic rings. The predicted molar refractivity (Wildman–Crippen MR) is 61.1 cm³/mol. The molecular formula is C13H8NOS. The standard InChI is InChI=1S/C13H8NOS/c14-10-11-6-4-5-9-13(11)16(15)12-7-2-1-3-8-12/h1-3,5-9H. The first-order chi connectivity index (χ1) is 7.83. The zero-order chi connectivity index (χ0) is 11.4. The molecular weight excluding hydrogens is 218 g/mol. The van der Waals surface area contributed by atoms with Gasteiger partial charge in [-0.05, 0) is 36.4 Å². The molecule has 0 bridgehead atoms. The summed E-state index contributed by atoms with van der Waals surface area (Å²) in [5.41, 5.74) is 0.407. The Balaban J connectivity index is 2.42. The van der Waals surface area contributed by atoms with Crippen molar-refractivity contribution in [1.82, 2.24) is 0 Å². The Hall–Kier alpha value is -1.76. The number of nitriles is 1. The molecule has 0 aliphatic heterocycles. The number of rotatable bonds is 2. The van der Waals surface area contributed by atoms with E-state index in [4.69, 9.17) is 5.26 Å². The van der Waals surface area contributed by atoms with E-state index in [0.717, 1.165) is 0 Å². The third kappa shape index (κ3) is 2.08. The lowest BCUT2D eigenvalue weighted by molar-refractivity contribution is 0.595. The Morgan fingerprint density at radius 3 is 2.62 bits per heavy atom. The summed E-state index contributed by atoms with van der Waals surface area (Å²) in [7, 11) is 0. The molecule has 1 atom stereocenters. The second-order valence-electron chi connectivity index (χ2n) is 3.12. The van der Waals surface area contributed by atoms with Crippen molar-refractivity contribution in [3.8, 4) is 6.07 Å². The number of nitrogens with zero attached hydrogens (tertiary/aromatic N) is 1. The molecule has 0 spiro atoms. The molecule has 0 aromatic heterocycles. The monoisotopic (exact) mass is 226 g/mol. The van der Waals surface area contributed by atoms with Crippen molar-refractivity contribution in [3.05, 3.63) is 60.2 Å². The van der Waals surface area contributed by atoms with Gasteiger partial charge in [0, 0.05) is 11.2 Å². The number of hydrogen-bond donors (Lipinski definition) is 0. The Morgan fingerprint density at radius 2 is 1.94 bits per heavy atom. The third-order valence-electron chi connectivity index (χ3n) is 2.10. The minimum Gasteiger partial charge on any atom is -0.606 e. The fraction of sp³-hybridized carbons (Fsp3) is 0. The van der Waals surface area contributed by atoms with Crippen LogP contribution in [0.1, 0.15) is 5.56 Å². The van der Waals surface area contributed by atoms with E-state index in [9.17, 15) is 4.55 Å². The van der Waals surface area contributed by atoms with Gasteiger partial charge in [-0.1, -0.05) is 18.2 Å². The fourth-order valence-corrected chi connectivity index (χ4v) is 2.49. The molecule has 0 heterocycles. The van der Waals surface area contributed by atoms with Crippen LogP contribution in [0.2, 0.25) is 0 Å². The highest BCUT2D eigenvalue weighted by Gasteiger charge is 2.17. The Labute approximate surface area is 97.3 Å². The summed E-state index contributed by atoms with van der Waals surface area (Å²) in [6, 6.07) is 18.8. The summed E-state index contributed by atoms with van der Waals surface area (Å²) in [6.45, 7) is 0. The van der Waals surface area contributed by atoms with E-state index in [1.165, 1.54) is 0 Å². The van der Waals surface area contributed by atoms with Crippen LogP contribution in [0.15, 0.2) is 58.3 Å². The highest BCUT2D eigenvalue weighted by Crippen LogP contribution is 2.22. The molecule has 0 N–H and O–H groups in total. The van der Waals surface area contributed by atoms with Crippen molar-refractivity contribution in [2.45, 2.75) is 9.79 Å². The largest absolute Gasteiger partial charge is 0.606 e. The molecule has 16 heavy (non-hydrogen) atoms. The van der Waals surface area contributed by atoms with Crippen LogP contribution in [0.5, 0.6) is 0 Å². The van der Waals surface area contributed by atoms with Gasteiger partial charge in [-0.2, -0.15) is 5.26 Å². The summed E-state index contributed by atoms with van der Waals surface area (Å²) in [4.78, 5) is 1.23. The van der Waals surface area contributed by atoms with Gasteiger partial charge in [0.25, 0.3) is 0 Å². The lowest BCUT2D eigenvalue weighted by Gasteiger charge is -2.10. The minimum atomic E-state index is -1.30. The molecule has 2 aromatic carbocycles. The smallest absolute Gasteiger partial charge is 0.176 e. The van der Waals surface area contributed by atoms with Gasteiger partial charge >= 0.3 is 0 Å². The molecule has 0 saturated carbocycles. The lowest BCUT2D eigenvalue weighted by Crippen LogP contribution is -2.04. The van der Waals surface area contributed by atoms with Crippen molar-refractivity contribution in [2.24, 2.45) is 0 Å². The van der Waals surface area contributed by atoms with Gasteiger partial charge < -0.3 is 4.55 Å². The minimum absolute atomic E-state index is 0.407. The van der Waals surface area contributed by atoms with Crippen molar-refractivity contribution in [2.75, 3.05) is 0 Å². The van der Waals surface area contributed by atoms with E-state index in [1.807, 2.05) is 24.3 Å². The zero-order valence-corrected chi connectivity index (χ0v) is 9.20. The molecule has 0 saturated heterocycles. The number of hydrogen-bond acceptors (Lipinski definition) is 2. The Bertz CT molecular complexity index is 519. The first-order valence-corrected chi connectivity index (χ1v) is 5.85. The maximum atomic E-state index is 12.2. The summed E-state index contributed by atoms with van der Waals surface area (Å²) < 4.78 is 12.2. The summed E-state index contributed by atoms with van der Waals surface area (Å²) in [5.74, 6) is 0. The van der Waals surface area contributed by atoms with E-state index < -0.39 is 11.2 Å². The highest BCUT2D eigenvalue weighted by atomic mass is 32.2. The lowest BCUT2D eigenvalue weighted by atomic mass is 10.2. The molecule has 1 radical (unpaired) electrons. The third-order valence-corrected chi connectivity index (χ3v) is 3.56. The summed E-state index contributed by atoms with van der Waals surface area (Å²) >= 11 is -1.30. The van der Waals surface area contributed by atoms with Crippen LogP contribution in [0.4, 0.5) is 0 Å². The van der Waals surface area contributed by atoms with E-state index in [0.29, 0.717) is 15.4 Å². The van der Waals surface area contributed by atoms with Crippen LogP contribution < -0.4 is 0 Å². The molecule has 0 fully saturated rings. The molecule has 2 rings (SSSR count). The first-order valence-electron chi connectivity index (χ1n) is 4.70. The Kier molecular flexibility index (Phi) is 3.25. The predicted octanol–water partition coefficient (Wildman–Crippen LogP) is 2.53. The van der Waals surface area contributed by atoms with Crippen LogP contribution in [0.3, 0.4) is 0 Å². The Morgan fingerprint density at radius 1 is 1.19 bits per heavy atom. The van der Waals surface area contributed by atoms with E-state index in [-0.39, 0.29) is 0 Å². The van der Waals surface area contributed by atoms with Gasteiger partial charge in [-0.15, -0.1) is 0 Å². The molecule has 3 heteroatoms. The van der Waals surface area contributed by atoms with Gasteiger partial charge in [0.1, 0.15) is 11.6 Å². The van der Waals surface area contributed by atoms with Crippen LogP contribution in [-0.2, 0) is 11.2 Å². The van der Waals surface area contributed by atoms with Crippen molar-refractivity contribution in [1.29, 1.82) is 5.26 Å². The topological polar surface area (TPSA) is 46.8 Å². The van der Waals surface area contributed by atoms with Crippen LogP contribution >= 0.6 is 0 Å². The van der Waals surface area contributed by atoms with Crippen LogP contribution in [0, 0.1) is 17.4 Å². The summed E-state index contributed by atoms with van der Waals surface area (Å²) in [5, 5.41) is 8.91. The maximum Gasteiger partial charge on any atom is 0.176 e. The van der Waals surface area contributed by atoms with Crippen LogP contribution in [-0.4, -0.2) is 4.55 Å². The average molecular weight is 226 g/mol. The molecule has 1 unspecified atom stereocenters. The average Bonchev–Trinajstić information content (AvgIpc) is 2.39. The quantitative estimate of drug-likeness (QED) is 0.739. The first kappa shape index (κ1) is 10.7. The second kappa shape index (κ2) is 4.84. The SMILES string of the molecule is N#Cc1c[c]ccc1[S+]([O-])c1ccccc1. The van der Waals surface area contributed by atoms with Crippen LogP contribution in [0.25, 0.3) is 0 Å². The van der Waals surface area contributed by atoms with E-state index in [2.05, 4.69) is 6.07 Å². The molecule has 0 amide bonds. The number of benzene rings is 2. The zero-order valence-electron chi connectivity index (χ0n) is 8.38. The summed E-state index contributed by atoms with van der Waals surface area (Å²) in [6.07, 6.45) is 0. The van der Waals surface area contributed by atoms with Crippen molar-refractivity contribution in [3.63, 3.8) is 0 Å². The molecule has 2 nitrogen and oxygen atoms in total. The fourth-order valence-electron chi connectivity index (χ4n) is 1.34. The molecule has 77 valence electrons. The van der Waals surface area contributed by atoms with Gasteiger partial charge in [0.05, 0.1) is 0 Å². The second-order valence-corrected chi connectivity index (χ2v) is 4.56. The van der Waals surface area contributed by atoms with E-state index >= 15 is 0 Å². The highest BCUT2D eigenvalue weighted by molar-refractivity contribution is 7.91. The van der Waals surface area contributed by atoms with Crippen molar-refractivity contribution < 1.29 is 4.55 Å². The van der Waals surface area contributed by atoms with Gasteiger partial charge in [0.15, 0.2) is 9.79 Å².